The third kappa shape index (κ3) is 3.91. The van der Waals surface area contributed by atoms with Crippen LogP contribution in [0.25, 0.3) is 0 Å². The first-order chi connectivity index (χ1) is 8.81. The Balaban J connectivity index is 3.14. The highest BCUT2D eigenvalue weighted by Crippen LogP contribution is 2.25. The number of hydrogen-bond donors (Lipinski definition) is 2. The Morgan fingerprint density at radius 3 is 2.47 bits per heavy atom. The molecule has 0 atom stereocenters. The second-order valence-corrected chi connectivity index (χ2v) is 4.01. The van der Waals surface area contributed by atoms with Gasteiger partial charge >= 0.3 is 5.97 Å². The molecule has 1 rings (SSSR count). The van der Waals surface area contributed by atoms with Crippen molar-refractivity contribution in [3.8, 4) is 0 Å². The molecule has 0 aliphatic carbocycles. The first-order valence-corrected chi connectivity index (χ1v) is 5.29. The summed E-state index contributed by atoms with van der Waals surface area (Å²) in [4.78, 5) is 32.3. The van der Waals surface area contributed by atoms with Crippen LogP contribution in [0.15, 0.2) is 29.8 Å². The van der Waals surface area contributed by atoms with Crippen molar-refractivity contribution >= 4 is 23.3 Å². The van der Waals surface area contributed by atoms with Gasteiger partial charge in [0, 0.05) is 12.1 Å². The minimum Gasteiger partial charge on any atom is -0.478 e. The fourth-order valence-corrected chi connectivity index (χ4v) is 1.35. The number of carboxylic acids is 1. The molecule has 0 spiro atoms. The summed E-state index contributed by atoms with van der Waals surface area (Å²) in [5.74, 6) is -1.78. The first kappa shape index (κ1) is 14.4. The molecule has 0 saturated carbocycles. The highest BCUT2D eigenvalue weighted by atomic mass is 16.6. The summed E-state index contributed by atoms with van der Waals surface area (Å²) >= 11 is 0. The molecule has 1 aromatic rings. The second-order valence-electron chi connectivity index (χ2n) is 4.01. The number of carbonyl (C=O) groups is 2. The van der Waals surface area contributed by atoms with E-state index >= 15 is 0 Å². The maximum Gasteiger partial charge on any atom is 0.335 e. The van der Waals surface area contributed by atoms with Gasteiger partial charge in [-0.2, -0.15) is 0 Å². The van der Waals surface area contributed by atoms with Gasteiger partial charge in [0.05, 0.1) is 10.5 Å². The van der Waals surface area contributed by atoms with Gasteiger partial charge in [0.2, 0.25) is 5.91 Å². The molecule has 1 aromatic carbocycles. The van der Waals surface area contributed by atoms with Crippen LogP contribution >= 0.6 is 0 Å². The number of rotatable bonds is 4. The molecule has 7 nitrogen and oxygen atoms in total. The zero-order valence-corrected chi connectivity index (χ0v) is 10.3. The van der Waals surface area contributed by atoms with Gasteiger partial charge in [-0.05, 0) is 26.0 Å². The predicted molar refractivity (Wildman–Crippen MR) is 68.1 cm³/mol. The Hall–Kier alpha value is -2.70. The van der Waals surface area contributed by atoms with Gasteiger partial charge in [0.15, 0.2) is 0 Å². The van der Waals surface area contributed by atoms with Crippen LogP contribution in [-0.2, 0) is 4.79 Å². The van der Waals surface area contributed by atoms with Gasteiger partial charge in [-0.1, -0.05) is 5.57 Å². The zero-order valence-electron chi connectivity index (χ0n) is 10.3. The highest BCUT2D eigenvalue weighted by Gasteiger charge is 2.18. The lowest BCUT2D eigenvalue weighted by Crippen LogP contribution is -2.11. The lowest BCUT2D eigenvalue weighted by Gasteiger charge is -2.04. The Morgan fingerprint density at radius 2 is 2.00 bits per heavy atom. The van der Waals surface area contributed by atoms with Crippen molar-refractivity contribution in [3.63, 3.8) is 0 Å². The average molecular weight is 264 g/mol. The Kier molecular flexibility index (Phi) is 4.36. The number of anilines is 1. The van der Waals surface area contributed by atoms with E-state index in [1.165, 1.54) is 18.2 Å². The third-order valence-electron chi connectivity index (χ3n) is 2.12. The van der Waals surface area contributed by atoms with Crippen LogP contribution in [0.3, 0.4) is 0 Å². The molecule has 0 aliphatic heterocycles. The molecule has 0 aliphatic rings. The van der Waals surface area contributed by atoms with Crippen molar-refractivity contribution < 1.29 is 19.6 Å². The van der Waals surface area contributed by atoms with E-state index < -0.39 is 22.5 Å². The van der Waals surface area contributed by atoms with Gasteiger partial charge in [-0.25, -0.2) is 4.79 Å². The second kappa shape index (κ2) is 5.76. The third-order valence-corrected chi connectivity index (χ3v) is 2.12. The number of carbonyl (C=O) groups excluding carboxylic acids is 1. The molecule has 0 unspecified atom stereocenters. The molecule has 7 heteroatoms. The van der Waals surface area contributed by atoms with Crippen molar-refractivity contribution in [3.05, 3.63) is 45.5 Å². The largest absolute Gasteiger partial charge is 0.478 e. The molecule has 19 heavy (non-hydrogen) atoms. The molecule has 0 bridgehead atoms. The number of nitro benzene ring substituents is 1. The molecule has 0 heterocycles. The van der Waals surface area contributed by atoms with Crippen LogP contribution in [0, 0.1) is 10.1 Å². The molecule has 0 radical (unpaired) electrons. The standard InChI is InChI=1S/C12H12N2O5/c1-7(2)5-11(15)13-9-4-3-8(12(16)17)6-10(9)14(18)19/h3-6H,1-2H3,(H,13,15)(H,16,17). The smallest absolute Gasteiger partial charge is 0.335 e. The lowest BCUT2D eigenvalue weighted by molar-refractivity contribution is -0.384. The Labute approximate surface area is 108 Å². The van der Waals surface area contributed by atoms with E-state index in [1.807, 2.05) is 0 Å². The van der Waals surface area contributed by atoms with E-state index in [0.29, 0.717) is 0 Å². The van der Waals surface area contributed by atoms with Crippen molar-refractivity contribution in [2.75, 3.05) is 5.32 Å². The summed E-state index contributed by atoms with van der Waals surface area (Å²) < 4.78 is 0. The fraction of sp³-hybridized carbons (Fsp3) is 0.167. The van der Waals surface area contributed by atoms with E-state index in [2.05, 4.69) is 5.32 Å². The van der Waals surface area contributed by atoms with E-state index in [9.17, 15) is 19.7 Å². The maximum atomic E-state index is 11.5. The zero-order chi connectivity index (χ0) is 14.6. The fourth-order valence-electron chi connectivity index (χ4n) is 1.35. The molecular weight excluding hydrogens is 252 g/mol. The molecule has 0 fully saturated rings. The van der Waals surface area contributed by atoms with Crippen LogP contribution in [-0.4, -0.2) is 21.9 Å². The lowest BCUT2D eigenvalue weighted by atomic mass is 10.1. The number of hydrogen-bond acceptors (Lipinski definition) is 4. The van der Waals surface area contributed by atoms with Crippen molar-refractivity contribution in [2.45, 2.75) is 13.8 Å². The Morgan fingerprint density at radius 1 is 1.37 bits per heavy atom. The van der Waals surface area contributed by atoms with Gasteiger partial charge in [-0.3, -0.25) is 14.9 Å². The number of carboxylic acid groups (broad SMARTS) is 1. The SMILES string of the molecule is CC(C)=CC(=O)Nc1ccc(C(=O)O)cc1[N+](=O)[O-]. The van der Waals surface area contributed by atoms with Gasteiger partial charge in [-0.15, -0.1) is 0 Å². The van der Waals surface area contributed by atoms with E-state index in [1.54, 1.807) is 13.8 Å². The Bertz CT molecular complexity index is 573. The van der Waals surface area contributed by atoms with Crippen molar-refractivity contribution in [1.82, 2.24) is 0 Å². The number of nitrogens with zero attached hydrogens (tertiary/aromatic N) is 1. The quantitative estimate of drug-likeness (QED) is 0.492. The summed E-state index contributed by atoms with van der Waals surface area (Å²) in [6, 6.07) is 3.28. The van der Waals surface area contributed by atoms with Crippen molar-refractivity contribution in [1.29, 1.82) is 0 Å². The van der Waals surface area contributed by atoms with E-state index in [4.69, 9.17) is 5.11 Å². The van der Waals surface area contributed by atoms with Crippen LogP contribution in [0.4, 0.5) is 11.4 Å². The van der Waals surface area contributed by atoms with Crippen LogP contribution in [0.5, 0.6) is 0 Å². The minimum absolute atomic E-state index is 0.0440. The molecule has 0 aromatic heterocycles. The molecule has 2 N–H and O–H groups in total. The summed E-state index contributed by atoms with van der Waals surface area (Å²) in [5, 5.41) is 21.9. The first-order valence-electron chi connectivity index (χ1n) is 5.29. The normalized spacial score (nSPS) is 9.58. The van der Waals surface area contributed by atoms with Crippen LogP contribution in [0.1, 0.15) is 24.2 Å². The number of benzene rings is 1. The van der Waals surface area contributed by atoms with Gasteiger partial charge < -0.3 is 10.4 Å². The van der Waals surface area contributed by atoms with E-state index in [-0.39, 0.29) is 11.3 Å². The molecule has 100 valence electrons. The van der Waals surface area contributed by atoms with Crippen molar-refractivity contribution in [2.24, 2.45) is 0 Å². The number of nitro groups is 1. The molecule has 0 saturated heterocycles. The summed E-state index contributed by atoms with van der Waals surface area (Å²) in [7, 11) is 0. The van der Waals surface area contributed by atoms with Crippen LogP contribution in [0.2, 0.25) is 0 Å². The highest BCUT2D eigenvalue weighted by molar-refractivity contribution is 6.01. The maximum absolute atomic E-state index is 11.5. The summed E-state index contributed by atoms with van der Waals surface area (Å²) in [6.07, 6.45) is 1.29. The number of amides is 1. The molecular formula is C12H12N2O5. The average Bonchev–Trinajstić information content (AvgIpc) is 2.27. The topological polar surface area (TPSA) is 110 Å². The number of allylic oxidation sites excluding steroid dienone is 1. The summed E-state index contributed by atoms with van der Waals surface area (Å²) in [5.41, 5.74) is 0.0159. The minimum atomic E-state index is -1.27. The monoisotopic (exact) mass is 264 g/mol. The number of aromatic carboxylic acids is 1. The van der Waals surface area contributed by atoms with Gasteiger partial charge in [0.25, 0.3) is 5.69 Å². The molecule has 1 amide bonds. The number of nitrogens with one attached hydrogen (secondary N) is 1. The van der Waals surface area contributed by atoms with E-state index in [0.717, 1.165) is 11.6 Å². The van der Waals surface area contributed by atoms with Gasteiger partial charge in [0.1, 0.15) is 5.69 Å². The summed E-state index contributed by atoms with van der Waals surface area (Å²) in [6.45, 7) is 3.42. The predicted octanol–water partition coefficient (Wildman–Crippen LogP) is 2.20. The van der Waals surface area contributed by atoms with Crippen LogP contribution < -0.4 is 5.32 Å².